The maximum Gasteiger partial charge on any atom is 0.287 e. The summed E-state index contributed by atoms with van der Waals surface area (Å²) < 4.78 is 21.7. The number of rotatable bonds is 6. The minimum absolute atomic E-state index is 0.101. The average molecular weight is 371 g/mol. The van der Waals surface area contributed by atoms with Gasteiger partial charge in [-0.05, 0) is 31.9 Å². The highest BCUT2D eigenvalue weighted by Gasteiger charge is 2.24. The van der Waals surface area contributed by atoms with Crippen LogP contribution in [0.1, 0.15) is 46.8 Å². The van der Waals surface area contributed by atoms with Crippen molar-refractivity contribution in [3.8, 4) is 5.75 Å². The monoisotopic (exact) mass is 371 g/mol. The zero-order valence-electron chi connectivity index (χ0n) is 15.3. The molecule has 0 bridgehead atoms. The highest BCUT2D eigenvalue weighted by Crippen LogP contribution is 2.29. The molecule has 1 amide bonds. The van der Waals surface area contributed by atoms with E-state index in [1.807, 2.05) is 19.1 Å². The van der Waals surface area contributed by atoms with Crippen LogP contribution in [0, 0.1) is 6.92 Å². The highest BCUT2D eigenvalue weighted by atomic mass is 16.5. The number of ether oxygens (including phenoxy) is 2. The fourth-order valence-corrected chi connectivity index (χ4v) is 3.19. The van der Waals surface area contributed by atoms with Crippen LogP contribution >= 0.6 is 0 Å². The molecule has 142 valence electrons. The van der Waals surface area contributed by atoms with Crippen LogP contribution in [-0.2, 0) is 11.2 Å². The minimum atomic E-state index is -0.273. The van der Waals surface area contributed by atoms with E-state index in [0.717, 1.165) is 30.4 Å². The smallest absolute Gasteiger partial charge is 0.287 e. The standard InChI is InChI=1S/C19H21N3O5/c1-11-13-6-5-12(24-2)10-15(13)26-17(11)18(23)20-8-7-16-21-19(27-22-16)14-4-3-9-25-14/h5-6,10,14H,3-4,7-9H2,1-2H3,(H,20,23). The molecule has 1 aliphatic heterocycles. The summed E-state index contributed by atoms with van der Waals surface area (Å²) >= 11 is 0. The predicted molar refractivity (Wildman–Crippen MR) is 95.8 cm³/mol. The number of hydrogen-bond acceptors (Lipinski definition) is 7. The summed E-state index contributed by atoms with van der Waals surface area (Å²) in [6.45, 7) is 2.96. The molecule has 3 aromatic rings. The fraction of sp³-hybridized carbons (Fsp3) is 0.421. The molecule has 1 atom stereocenters. The van der Waals surface area contributed by atoms with Crippen molar-refractivity contribution in [3.63, 3.8) is 0 Å². The van der Waals surface area contributed by atoms with Gasteiger partial charge in [-0.3, -0.25) is 4.79 Å². The molecular formula is C19H21N3O5. The molecule has 0 saturated carbocycles. The van der Waals surface area contributed by atoms with Crippen LogP contribution in [0.5, 0.6) is 5.75 Å². The topological polar surface area (TPSA) is 99.6 Å². The van der Waals surface area contributed by atoms with Crippen molar-refractivity contribution in [2.75, 3.05) is 20.3 Å². The van der Waals surface area contributed by atoms with Crippen LogP contribution in [0.3, 0.4) is 0 Å². The lowest BCUT2D eigenvalue weighted by molar-refractivity contribution is 0.0835. The van der Waals surface area contributed by atoms with Crippen molar-refractivity contribution < 1.29 is 23.2 Å². The summed E-state index contributed by atoms with van der Waals surface area (Å²) in [5, 5.41) is 7.68. The van der Waals surface area contributed by atoms with E-state index >= 15 is 0 Å². The largest absolute Gasteiger partial charge is 0.497 e. The summed E-state index contributed by atoms with van der Waals surface area (Å²) in [6.07, 6.45) is 2.26. The van der Waals surface area contributed by atoms with E-state index in [0.29, 0.717) is 41.8 Å². The molecule has 0 spiro atoms. The maximum absolute atomic E-state index is 12.5. The molecule has 1 saturated heterocycles. The molecule has 0 radical (unpaired) electrons. The first-order valence-corrected chi connectivity index (χ1v) is 8.95. The van der Waals surface area contributed by atoms with Gasteiger partial charge in [-0.25, -0.2) is 0 Å². The minimum Gasteiger partial charge on any atom is -0.497 e. The van der Waals surface area contributed by atoms with E-state index < -0.39 is 0 Å². The first kappa shape index (κ1) is 17.5. The van der Waals surface area contributed by atoms with Crippen LogP contribution in [0.2, 0.25) is 0 Å². The van der Waals surface area contributed by atoms with Crippen LogP contribution < -0.4 is 10.1 Å². The lowest BCUT2D eigenvalue weighted by Crippen LogP contribution is -2.26. The molecule has 1 unspecified atom stereocenters. The van der Waals surface area contributed by atoms with Crippen molar-refractivity contribution >= 4 is 16.9 Å². The van der Waals surface area contributed by atoms with E-state index in [4.69, 9.17) is 18.4 Å². The molecule has 8 heteroatoms. The summed E-state index contributed by atoms with van der Waals surface area (Å²) in [6, 6.07) is 5.50. The Hall–Kier alpha value is -2.87. The van der Waals surface area contributed by atoms with Gasteiger partial charge in [0.1, 0.15) is 17.4 Å². The van der Waals surface area contributed by atoms with Gasteiger partial charge in [0.2, 0.25) is 0 Å². The molecular weight excluding hydrogens is 350 g/mol. The number of aryl methyl sites for hydroxylation is 1. The van der Waals surface area contributed by atoms with E-state index in [1.165, 1.54) is 0 Å². The Kier molecular flexibility index (Phi) is 4.81. The quantitative estimate of drug-likeness (QED) is 0.711. The maximum atomic E-state index is 12.5. The van der Waals surface area contributed by atoms with Crippen molar-refractivity contribution in [2.45, 2.75) is 32.3 Å². The molecule has 0 aliphatic carbocycles. The van der Waals surface area contributed by atoms with Crippen molar-refractivity contribution in [3.05, 3.63) is 41.2 Å². The van der Waals surface area contributed by atoms with Crippen molar-refractivity contribution in [1.82, 2.24) is 15.5 Å². The molecule has 8 nitrogen and oxygen atoms in total. The number of hydrogen-bond donors (Lipinski definition) is 1. The number of aromatic nitrogens is 2. The molecule has 27 heavy (non-hydrogen) atoms. The third-order valence-corrected chi connectivity index (χ3v) is 4.67. The number of nitrogens with one attached hydrogen (secondary N) is 1. The van der Waals surface area contributed by atoms with Crippen LogP contribution in [0.15, 0.2) is 27.1 Å². The van der Waals surface area contributed by atoms with Gasteiger partial charge in [0, 0.05) is 36.6 Å². The first-order valence-electron chi connectivity index (χ1n) is 8.95. The third kappa shape index (κ3) is 3.52. The number of carbonyl (C=O) groups is 1. The molecule has 1 aromatic carbocycles. The summed E-state index contributed by atoms with van der Waals surface area (Å²) in [7, 11) is 1.59. The lowest BCUT2D eigenvalue weighted by Gasteiger charge is -2.02. The molecule has 1 aliphatic rings. The van der Waals surface area contributed by atoms with Gasteiger partial charge in [0.05, 0.1) is 7.11 Å². The van der Waals surface area contributed by atoms with Crippen molar-refractivity contribution in [1.29, 1.82) is 0 Å². The average Bonchev–Trinajstić information content (AvgIpc) is 3.41. The zero-order chi connectivity index (χ0) is 18.8. The van der Waals surface area contributed by atoms with Crippen LogP contribution in [0.25, 0.3) is 11.0 Å². The van der Waals surface area contributed by atoms with Gasteiger partial charge >= 0.3 is 0 Å². The lowest BCUT2D eigenvalue weighted by atomic mass is 10.1. The van der Waals surface area contributed by atoms with Crippen molar-refractivity contribution in [2.24, 2.45) is 0 Å². The van der Waals surface area contributed by atoms with Crippen LogP contribution in [-0.4, -0.2) is 36.3 Å². The fourth-order valence-electron chi connectivity index (χ4n) is 3.19. The number of furan rings is 1. The number of methoxy groups -OCH3 is 1. The Bertz CT molecular complexity index is 956. The predicted octanol–water partition coefficient (Wildman–Crippen LogP) is 2.96. The number of amides is 1. The summed E-state index contributed by atoms with van der Waals surface area (Å²) in [5.74, 6) is 1.77. The zero-order valence-corrected chi connectivity index (χ0v) is 15.3. The Balaban J connectivity index is 1.38. The van der Waals surface area contributed by atoms with E-state index in [1.54, 1.807) is 13.2 Å². The number of benzene rings is 1. The Labute approximate surface area is 155 Å². The summed E-state index contributed by atoms with van der Waals surface area (Å²) in [5.41, 5.74) is 1.42. The highest BCUT2D eigenvalue weighted by molar-refractivity contribution is 5.99. The Morgan fingerprint density at radius 1 is 1.41 bits per heavy atom. The van der Waals surface area contributed by atoms with Gasteiger partial charge < -0.3 is 23.7 Å². The van der Waals surface area contributed by atoms with E-state index in [-0.39, 0.29) is 12.0 Å². The van der Waals surface area contributed by atoms with E-state index in [2.05, 4.69) is 15.5 Å². The van der Waals surface area contributed by atoms with Crippen LogP contribution in [0.4, 0.5) is 0 Å². The Morgan fingerprint density at radius 3 is 3.07 bits per heavy atom. The molecule has 3 heterocycles. The number of fused-ring (bicyclic) bond motifs is 1. The molecule has 2 aromatic heterocycles. The van der Waals surface area contributed by atoms with Gasteiger partial charge in [0.15, 0.2) is 11.6 Å². The first-order chi connectivity index (χ1) is 13.2. The number of carbonyl (C=O) groups excluding carboxylic acids is 1. The van der Waals surface area contributed by atoms with Gasteiger partial charge in [-0.2, -0.15) is 4.98 Å². The number of nitrogens with zero attached hydrogens (tertiary/aromatic N) is 2. The Morgan fingerprint density at radius 2 is 2.30 bits per heavy atom. The van der Waals surface area contributed by atoms with Gasteiger partial charge in [0.25, 0.3) is 11.8 Å². The molecule has 1 fully saturated rings. The second kappa shape index (κ2) is 7.40. The second-order valence-electron chi connectivity index (χ2n) is 6.47. The van der Waals surface area contributed by atoms with Gasteiger partial charge in [-0.15, -0.1) is 0 Å². The van der Waals surface area contributed by atoms with E-state index in [9.17, 15) is 4.79 Å². The SMILES string of the molecule is COc1ccc2c(C)c(C(=O)NCCc3noc(C4CCCO4)n3)oc2c1. The second-order valence-corrected chi connectivity index (χ2v) is 6.47. The normalized spacial score (nSPS) is 16.7. The molecule has 1 N–H and O–H groups in total. The van der Waals surface area contributed by atoms with Gasteiger partial charge in [-0.1, -0.05) is 5.16 Å². The molecule has 4 rings (SSSR count). The summed E-state index contributed by atoms with van der Waals surface area (Å²) in [4.78, 5) is 16.8. The third-order valence-electron chi connectivity index (χ3n) is 4.67.